The Morgan fingerprint density at radius 3 is 2.19 bits per heavy atom. The van der Waals surface area contributed by atoms with Crippen molar-refractivity contribution in [3.8, 4) is 39.9 Å². The first-order chi connectivity index (χ1) is 13.3. The fraction of sp³-hybridized carbons (Fsp3) is 0. The summed E-state index contributed by atoms with van der Waals surface area (Å²) in [5.41, 5.74) is 5.59. The van der Waals surface area contributed by atoms with E-state index in [0.717, 1.165) is 34.4 Å². The van der Waals surface area contributed by atoms with Crippen molar-refractivity contribution in [3.05, 3.63) is 90.2 Å². The van der Waals surface area contributed by atoms with Crippen LogP contribution >= 0.6 is 0 Å². The van der Waals surface area contributed by atoms with Crippen molar-refractivity contribution in [2.45, 2.75) is 0 Å². The maximum atomic E-state index is 10.9. The van der Waals surface area contributed by atoms with Crippen molar-refractivity contribution < 1.29 is 9.21 Å². The number of carbonyl (C=O) groups excluding carboxylic acids is 1. The van der Waals surface area contributed by atoms with Gasteiger partial charge < -0.3 is 4.42 Å². The molecule has 4 aromatic rings. The summed E-state index contributed by atoms with van der Waals surface area (Å²) >= 11 is 0. The van der Waals surface area contributed by atoms with Crippen molar-refractivity contribution >= 4 is 6.29 Å². The Morgan fingerprint density at radius 2 is 1.56 bits per heavy atom. The van der Waals surface area contributed by atoms with Crippen LogP contribution in [-0.4, -0.2) is 11.3 Å². The van der Waals surface area contributed by atoms with Crippen LogP contribution < -0.4 is 0 Å². The van der Waals surface area contributed by atoms with Crippen LogP contribution in [0.5, 0.6) is 0 Å². The number of pyridine rings is 1. The molecule has 0 aliphatic heterocycles. The van der Waals surface area contributed by atoms with Crippen LogP contribution in [-0.2, 0) is 0 Å². The number of hydrogen-bond acceptors (Lipinski definition) is 4. The molecule has 0 unspecified atom stereocenters. The van der Waals surface area contributed by atoms with E-state index in [0.29, 0.717) is 16.9 Å². The molecule has 128 valence electrons. The van der Waals surface area contributed by atoms with Gasteiger partial charge in [0.25, 0.3) is 0 Å². The molecule has 0 fully saturated rings. The van der Waals surface area contributed by atoms with Gasteiger partial charge in [-0.3, -0.25) is 4.79 Å². The van der Waals surface area contributed by atoms with Crippen LogP contribution in [0.25, 0.3) is 33.8 Å². The Morgan fingerprint density at radius 1 is 0.852 bits per heavy atom. The summed E-state index contributed by atoms with van der Waals surface area (Å²) in [5, 5.41) is 9.00. The third-order valence-electron chi connectivity index (χ3n) is 4.29. The molecule has 0 aliphatic carbocycles. The Bertz CT molecular complexity index is 1120. The molecule has 0 spiro atoms. The molecule has 0 atom stereocenters. The first kappa shape index (κ1) is 16.5. The van der Waals surface area contributed by atoms with Crippen molar-refractivity contribution in [1.29, 1.82) is 5.26 Å². The van der Waals surface area contributed by atoms with E-state index < -0.39 is 0 Å². The maximum absolute atomic E-state index is 10.9. The van der Waals surface area contributed by atoms with Crippen molar-refractivity contribution in [2.75, 3.05) is 0 Å². The average molecular weight is 350 g/mol. The molecule has 4 heteroatoms. The molecule has 2 aromatic carbocycles. The fourth-order valence-corrected chi connectivity index (χ4v) is 2.87. The van der Waals surface area contributed by atoms with Gasteiger partial charge in [0.1, 0.15) is 12.0 Å². The third kappa shape index (κ3) is 3.39. The second kappa shape index (κ2) is 7.11. The highest BCUT2D eigenvalue weighted by atomic mass is 16.3. The van der Waals surface area contributed by atoms with Gasteiger partial charge in [0.2, 0.25) is 0 Å². The molecule has 0 amide bonds. The minimum atomic E-state index is 0.602. The van der Waals surface area contributed by atoms with E-state index in [4.69, 9.17) is 14.7 Å². The number of nitriles is 1. The first-order valence-electron chi connectivity index (χ1n) is 8.39. The Balaban J connectivity index is 1.86. The van der Waals surface area contributed by atoms with Gasteiger partial charge in [-0.15, -0.1) is 0 Å². The van der Waals surface area contributed by atoms with Crippen LogP contribution in [0.1, 0.15) is 15.9 Å². The summed E-state index contributed by atoms with van der Waals surface area (Å²) in [6, 6.07) is 24.5. The van der Waals surface area contributed by atoms with E-state index >= 15 is 0 Å². The van der Waals surface area contributed by atoms with E-state index in [2.05, 4.69) is 6.07 Å². The van der Waals surface area contributed by atoms with E-state index in [1.165, 1.54) is 0 Å². The quantitative estimate of drug-likeness (QED) is 0.465. The molecule has 27 heavy (non-hydrogen) atoms. The number of furan rings is 1. The summed E-state index contributed by atoms with van der Waals surface area (Å²) in [6.07, 6.45) is 2.44. The number of rotatable bonds is 4. The number of carbonyl (C=O) groups is 1. The Kier molecular flexibility index (Phi) is 4.34. The molecule has 0 N–H and O–H groups in total. The molecule has 0 bridgehead atoms. The molecular weight excluding hydrogens is 336 g/mol. The van der Waals surface area contributed by atoms with Crippen LogP contribution in [0.2, 0.25) is 0 Å². The van der Waals surface area contributed by atoms with Gasteiger partial charge >= 0.3 is 0 Å². The SMILES string of the molecule is N#Cc1ccc(-c2cc(-c3ccc(C=O)cc3)cc(-c3ccco3)n2)cc1. The number of benzene rings is 2. The summed E-state index contributed by atoms with van der Waals surface area (Å²) in [5.74, 6) is 0.677. The lowest BCUT2D eigenvalue weighted by atomic mass is 10.0. The van der Waals surface area contributed by atoms with Gasteiger partial charge in [0.05, 0.1) is 23.6 Å². The van der Waals surface area contributed by atoms with Gasteiger partial charge in [0.15, 0.2) is 5.76 Å². The van der Waals surface area contributed by atoms with Gasteiger partial charge in [-0.1, -0.05) is 36.4 Å². The minimum Gasteiger partial charge on any atom is -0.463 e. The summed E-state index contributed by atoms with van der Waals surface area (Å²) in [6.45, 7) is 0. The third-order valence-corrected chi connectivity index (χ3v) is 4.29. The van der Waals surface area contributed by atoms with Crippen LogP contribution in [0.4, 0.5) is 0 Å². The highest BCUT2D eigenvalue weighted by Crippen LogP contribution is 2.30. The van der Waals surface area contributed by atoms with Crippen molar-refractivity contribution in [1.82, 2.24) is 4.98 Å². The second-order valence-electron chi connectivity index (χ2n) is 6.03. The second-order valence-corrected chi connectivity index (χ2v) is 6.03. The fourth-order valence-electron chi connectivity index (χ4n) is 2.87. The molecule has 0 radical (unpaired) electrons. The predicted molar refractivity (Wildman–Crippen MR) is 103 cm³/mol. The van der Waals surface area contributed by atoms with E-state index in [9.17, 15) is 4.79 Å². The predicted octanol–water partition coefficient (Wildman–Crippen LogP) is 5.36. The van der Waals surface area contributed by atoms with Crippen LogP contribution in [0, 0.1) is 11.3 Å². The highest BCUT2D eigenvalue weighted by molar-refractivity contribution is 5.79. The lowest BCUT2D eigenvalue weighted by Crippen LogP contribution is -1.91. The van der Waals surface area contributed by atoms with E-state index in [1.54, 1.807) is 30.5 Å². The molecule has 2 aromatic heterocycles. The lowest BCUT2D eigenvalue weighted by Gasteiger charge is -2.09. The molecule has 0 saturated carbocycles. The average Bonchev–Trinajstić information content (AvgIpc) is 3.28. The van der Waals surface area contributed by atoms with Crippen molar-refractivity contribution in [3.63, 3.8) is 0 Å². The maximum Gasteiger partial charge on any atom is 0.152 e. The largest absolute Gasteiger partial charge is 0.463 e. The molecule has 4 rings (SSSR count). The van der Waals surface area contributed by atoms with Gasteiger partial charge in [-0.05, 0) is 47.5 Å². The number of aldehydes is 1. The van der Waals surface area contributed by atoms with Crippen LogP contribution in [0.3, 0.4) is 0 Å². The van der Waals surface area contributed by atoms with E-state index in [1.807, 2.05) is 48.5 Å². The monoisotopic (exact) mass is 350 g/mol. The molecule has 2 heterocycles. The smallest absolute Gasteiger partial charge is 0.152 e. The topological polar surface area (TPSA) is 66.9 Å². The number of nitrogens with zero attached hydrogens (tertiary/aromatic N) is 2. The minimum absolute atomic E-state index is 0.602. The van der Waals surface area contributed by atoms with Gasteiger partial charge in [-0.2, -0.15) is 5.26 Å². The number of aromatic nitrogens is 1. The zero-order valence-electron chi connectivity index (χ0n) is 14.3. The standard InChI is InChI=1S/C23H14N2O2/c24-14-16-3-9-19(10-4-16)21-12-20(18-7-5-17(15-26)6-8-18)13-22(25-21)23-2-1-11-27-23/h1-13,15H. The van der Waals surface area contributed by atoms with E-state index in [-0.39, 0.29) is 0 Å². The number of hydrogen-bond donors (Lipinski definition) is 0. The highest BCUT2D eigenvalue weighted by Gasteiger charge is 2.10. The molecule has 0 saturated heterocycles. The van der Waals surface area contributed by atoms with Crippen LogP contribution in [0.15, 0.2) is 83.5 Å². The molecule has 4 nitrogen and oxygen atoms in total. The Hall–Kier alpha value is -3.97. The molecular formula is C23H14N2O2. The van der Waals surface area contributed by atoms with Crippen molar-refractivity contribution in [2.24, 2.45) is 0 Å². The zero-order valence-corrected chi connectivity index (χ0v) is 14.3. The first-order valence-corrected chi connectivity index (χ1v) is 8.39. The zero-order chi connectivity index (χ0) is 18.6. The summed E-state index contributed by atoms with van der Waals surface area (Å²) in [4.78, 5) is 15.6. The Labute approximate surface area is 156 Å². The summed E-state index contributed by atoms with van der Waals surface area (Å²) in [7, 11) is 0. The normalized spacial score (nSPS) is 10.3. The lowest BCUT2D eigenvalue weighted by molar-refractivity contribution is 0.112. The van der Waals surface area contributed by atoms with Gasteiger partial charge in [0, 0.05) is 11.1 Å². The molecule has 0 aliphatic rings. The summed E-state index contributed by atoms with van der Waals surface area (Å²) < 4.78 is 5.52. The van der Waals surface area contributed by atoms with Gasteiger partial charge in [-0.25, -0.2) is 4.98 Å².